The lowest BCUT2D eigenvalue weighted by atomic mass is 10.0. The standard InChI is InChI=1S/C13H17NO3S/c1-16-13(5-6-17-9-13)8-14-12(15)10-3-2-4-11(18)7-10/h2-4,7,18H,5-6,8-9H2,1H3,(H,14,15). The van der Waals surface area contributed by atoms with E-state index in [4.69, 9.17) is 9.47 Å². The molecule has 0 bridgehead atoms. The zero-order valence-electron chi connectivity index (χ0n) is 10.3. The van der Waals surface area contributed by atoms with E-state index in [1.165, 1.54) is 0 Å². The van der Waals surface area contributed by atoms with E-state index in [1.807, 2.05) is 12.1 Å². The number of hydrogen-bond donors (Lipinski definition) is 2. The minimum Gasteiger partial charge on any atom is -0.378 e. The number of thiol groups is 1. The second-order valence-corrected chi connectivity index (χ2v) is 4.94. The highest BCUT2D eigenvalue weighted by Gasteiger charge is 2.35. The van der Waals surface area contributed by atoms with Crippen LogP contribution in [0.2, 0.25) is 0 Å². The maximum atomic E-state index is 12.0. The van der Waals surface area contributed by atoms with Crippen molar-refractivity contribution in [3.8, 4) is 0 Å². The van der Waals surface area contributed by atoms with Crippen molar-refractivity contribution < 1.29 is 14.3 Å². The quantitative estimate of drug-likeness (QED) is 0.813. The number of methoxy groups -OCH3 is 1. The normalized spacial score (nSPS) is 23.0. The molecule has 4 nitrogen and oxygen atoms in total. The second kappa shape index (κ2) is 5.73. The fourth-order valence-corrected chi connectivity index (χ4v) is 2.18. The third kappa shape index (κ3) is 3.04. The van der Waals surface area contributed by atoms with Gasteiger partial charge >= 0.3 is 0 Å². The topological polar surface area (TPSA) is 47.6 Å². The van der Waals surface area contributed by atoms with Crippen LogP contribution in [0.3, 0.4) is 0 Å². The molecule has 0 spiro atoms. The lowest BCUT2D eigenvalue weighted by Crippen LogP contribution is -2.45. The number of ether oxygens (including phenoxy) is 2. The van der Waals surface area contributed by atoms with Crippen molar-refractivity contribution in [2.75, 3.05) is 26.9 Å². The highest BCUT2D eigenvalue weighted by atomic mass is 32.1. The molecule has 18 heavy (non-hydrogen) atoms. The molecule has 0 aliphatic carbocycles. The first-order chi connectivity index (χ1) is 8.65. The van der Waals surface area contributed by atoms with Gasteiger partial charge in [0.05, 0.1) is 6.61 Å². The van der Waals surface area contributed by atoms with Gasteiger partial charge in [0, 0.05) is 37.1 Å². The van der Waals surface area contributed by atoms with Gasteiger partial charge in [-0.3, -0.25) is 4.79 Å². The van der Waals surface area contributed by atoms with E-state index in [1.54, 1.807) is 19.2 Å². The Kier molecular flexibility index (Phi) is 4.27. The summed E-state index contributed by atoms with van der Waals surface area (Å²) in [6.07, 6.45) is 0.802. The molecule has 0 aromatic heterocycles. The van der Waals surface area contributed by atoms with Crippen molar-refractivity contribution in [3.63, 3.8) is 0 Å². The van der Waals surface area contributed by atoms with Gasteiger partial charge < -0.3 is 14.8 Å². The molecular weight excluding hydrogens is 250 g/mol. The number of carbonyl (C=O) groups excluding carboxylic acids is 1. The van der Waals surface area contributed by atoms with Crippen LogP contribution in [-0.4, -0.2) is 38.4 Å². The second-order valence-electron chi connectivity index (χ2n) is 4.42. The summed E-state index contributed by atoms with van der Waals surface area (Å²) in [5.74, 6) is -0.116. The molecule has 1 aromatic carbocycles. The SMILES string of the molecule is COC1(CNC(=O)c2cccc(S)c2)CCOC1. The summed E-state index contributed by atoms with van der Waals surface area (Å²) in [4.78, 5) is 12.7. The number of hydrogen-bond acceptors (Lipinski definition) is 4. The molecule has 1 fully saturated rings. The van der Waals surface area contributed by atoms with Crippen LogP contribution in [0.1, 0.15) is 16.8 Å². The van der Waals surface area contributed by atoms with Gasteiger partial charge in [-0.15, -0.1) is 12.6 Å². The zero-order chi connectivity index (χ0) is 13.0. The number of nitrogens with one attached hydrogen (secondary N) is 1. The van der Waals surface area contributed by atoms with Crippen molar-refractivity contribution in [1.82, 2.24) is 5.32 Å². The number of benzene rings is 1. The first kappa shape index (κ1) is 13.4. The van der Waals surface area contributed by atoms with Crippen LogP contribution >= 0.6 is 12.6 Å². The van der Waals surface area contributed by atoms with Gasteiger partial charge in [-0.2, -0.15) is 0 Å². The van der Waals surface area contributed by atoms with E-state index in [0.717, 1.165) is 11.3 Å². The predicted molar refractivity (Wildman–Crippen MR) is 71.2 cm³/mol. The van der Waals surface area contributed by atoms with Gasteiger partial charge in [0.2, 0.25) is 0 Å². The summed E-state index contributed by atoms with van der Waals surface area (Å²) in [6.45, 7) is 1.66. The van der Waals surface area contributed by atoms with Crippen molar-refractivity contribution in [3.05, 3.63) is 29.8 Å². The van der Waals surface area contributed by atoms with Crippen LogP contribution in [-0.2, 0) is 9.47 Å². The van der Waals surface area contributed by atoms with Crippen LogP contribution in [0.5, 0.6) is 0 Å². The molecule has 0 saturated carbocycles. The first-order valence-corrected chi connectivity index (χ1v) is 6.30. The van der Waals surface area contributed by atoms with Crippen molar-refractivity contribution in [1.29, 1.82) is 0 Å². The van der Waals surface area contributed by atoms with Gasteiger partial charge in [-0.1, -0.05) is 6.07 Å². The lowest BCUT2D eigenvalue weighted by Gasteiger charge is -2.25. The summed E-state index contributed by atoms with van der Waals surface area (Å²) in [5, 5.41) is 2.88. The monoisotopic (exact) mass is 267 g/mol. The third-order valence-electron chi connectivity index (χ3n) is 3.18. The molecule has 1 heterocycles. The molecule has 1 saturated heterocycles. The average molecular weight is 267 g/mol. The van der Waals surface area contributed by atoms with Gasteiger partial charge in [0.25, 0.3) is 5.91 Å². The highest BCUT2D eigenvalue weighted by Crippen LogP contribution is 2.21. The van der Waals surface area contributed by atoms with Crippen LogP contribution in [0.4, 0.5) is 0 Å². The largest absolute Gasteiger partial charge is 0.378 e. The number of amides is 1. The van der Waals surface area contributed by atoms with Gasteiger partial charge in [-0.25, -0.2) is 0 Å². The van der Waals surface area contributed by atoms with Crippen molar-refractivity contribution in [2.24, 2.45) is 0 Å². The first-order valence-electron chi connectivity index (χ1n) is 5.85. The molecule has 5 heteroatoms. The molecular formula is C13H17NO3S. The van der Waals surface area contributed by atoms with E-state index in [0.29, 0.717) is 25.3 Å². The predicted octanol–water partition coefficient (Wildman–Crippen LogP) is 1.51. The Morgan fingerprint density at radius 2 is 2.44 bits per heavy atom. The molecule has 98 valence electrons. The number of rotatable bonds is 4. The summed E-state index contributed by atoms with van der Waals surface area (Å²) in [5.41, 5.74) is 0.224. The summed E-state index contributed by atoms with van der Waals surface area (Å²) >= 11 is 4.21. The summed E-state index contributed by atoms with van der Waals surface area (Å²) in [6, 6.07) is 7.14. The minimum atomic E-state index is -0.381. The van der Waals surface area contributed by atoms with Crippen LogP contribution in [0.25, 0.3) is 0 Å². The van der Waals surface area contributed by atoms with E-state index >= 15 is 0 Å². The molecule has 1 unspecified atom stereocenters. The van der Waals surface area contributed by atoms with E-state index in [9.17, 15) is 4.79 Å². The van der Waals surface area contributed by atoms with Gasteiger partial charge in [0.1, 0.15) is 5.60 Å². The Bertz CT molecular complexity index is 430. The zero-order valence-corrected chi connectivity index (χ0v) is 11.2. The highest BCUT2D eigenvalue weighted by molar-refractivity contribution is 7.80. The third-order valence-corrected chi connectivity index (χ3v) is 3.46. The molecule has 0 radical (unpaired) electrons. The smallest absolute Gasteiger partial charge is 0.251 e. The Morgan fingerprint density at radius 3 is 3.06 bits per heavy atom. The van der Waals surface area contributed by atoms with Crippen LogP contribution in [0.15, 0.2) is 29.2 Å². The van der Waals surface area contributed by atoms with Crippen molar-refractivity contribution >= 4 is 18.5 Å². The molecule has 1 N–H and O–H groups in total. The average Bonchev–Trinajstić information content (AvgIpc) is 2.85. The van der Waals surface area contributed by atoms with E-state index in [2.05, 4.69) is 17.9 Å². The van der Waals surface area contributed by atoms with Gasteiger partial charge in [0.15, 0.2) is 0 Å². The summed E-state index contributed by atoms with van der Waals surface area (Å²) in [7, 11) is 1.65. The minimum absolute atomic E-state index is 0.116. The fourth-order valence-electron chi connectivity index (χ4n) is 1.95. The Hall–Kier alpha value is -1.04. The summed E-state index contributed by atoms with van der Waals surface area (Å²) < 4.78 is 10.8. The van der Waals surface area contributed by atoms with E-state index in [-0.39, 0.29) is 11.5 Å². The van der Waals surface area contributed by atoms with Crippen molar-refractivity contribution in [2.45, 2.75) is 16.9 Å². The molecule has 1 amide bonds. The number of carbonyl (C=O) groups is 1. The Labute approximate surface area is 112 Å². The van der Waals surface area contributed by atoms with Crippen LogP contribution < -0.4 is 5.32 Å². The maximum Gasteiger partial charge on any atom is 0.251 e. The van der Waals surface area contributed by atoms with Crippen LogP contribution in [0, 0.1) is 0 Å². The molecule has 1 aliphatic heterocycles. The molecule has 1 aromatic rings. The molecule has 2 rings (SSSR count). The maximum absolute atomic E-state index is 12.0. The molecule has 1 atom stereocenters. The van der Waals surface area contributed by atoms with E-state index < -0.39 is 0 Å². The van der Waals surface area contributed by atoms with Gasteiger partial charge in [-0.05, 0) is 18.2 Å². The Morgan fingerprint density at radius 1 is 1.61 bits per heavy atom. The Balaban J connectivity index is 1.96. The fraction of sp³-hybridized carbons (Fsp3) is 0.462. The lowest BCUT2D eigenvalue weighted by molar-refractivity contribution is -0.0148. The molecule has 1 aliphatic rings.